The third-order valence-electron chi connectivity index (χ3n) is 8.63. The molecule has 0 aromatic heterocycles. The second-order valence-electron chi connectivity index (χ2n) is 12.1. The highest BCUT2D eigenvalue weighted by Crippen LogP contribution is 2.36. The van der Waals surface area contributed by atoms with Gasteiger partial charge >= 0.3 is 0 Å². The Morgan fingerprint density at radius 1 is 1.09 bits per heavy atom. The lowest BCUT2D eigenvalue weighted by Crippen LogP contribution is -2.37. The highest BCUT2D eigenvalue weighted by molar-refractivity contribution is 8.04. The van der Waals surface area contributed by atoms with Crippen LogP contribution < -0.4 is 26.6 Å². The van der Waals surface area contributed by atoms with Gasteiger partial charge in [-0.1, -0.05) is 79.6 Å². The lowest BCUT2D eigenvalue weighted by atomic mass is 9.90. The first-order valence-corrected chi connectivity index (χ1v) is 17.1. The molecule has 2 atom stereocenters. The van der Waals surface area contributed by atoms with Crippen LogP contribution >= 0.6 is 11.8 Å². The number of nitrogens with zero attached hydrogens (tertiary/aromatic N) is 1. The normalized spacial score (nSPS) is 22.6. The molecule has 5 rings (SSSR count). The Morgan fingerprint density at radius 2 is 1.94 bits per heavy atom. The number of carbonyl (C=O) groups excluding carboxylic acids is 2. The van der Waals surface area contributed by atoms with Crippen molar-refractivity contribution in [1.29, 1.82) is 0 Å². The van der Waals surface area contributed by atoms with E-state index in [0.29, 0.717) is 19.5 Å². The summed E-state index contributed by atoms with van der Waals surface area (Å²) in [4.78, 5) is 29.8. The summed E-state index contributed by atoms with van der Waals surface area (Å²) in [6.45, 7) is 14.1. The fourth-order valence-electron chi connectivity index (χ4n) is 5.91. The standard InChI is InChI=1S/C38H46N6O2S/c1-5-37(45)42-31-18-19-39-20-22-44(4)21-9-8-12-30(24-31)41-34-23-29(25-40-27(34)3)32-13-10-14-33(26(32)2)43-38(46)36-17-16-28-11-6-7-15-35(28)47-36/h5-8,10-15,17-18,23,29-30,39-41H,1,3,9,16,19-22,24-25H2,2,4H3,(H,42,45)(H,43,46)/b12-8-,31-18-. The number of nitrogens with one attached hydrogen (secondary N) is 5. The number of carbonyl (C=O) groups is 2. The Bertz CT molecular complexity index is 1620. The highest BCUT2D eigenvalue weighted by Gasteiger charge is 2.23. The minimum absolute atomic E-state index is 0.0575. The number of allylic oxidation sites excluding steroid dienone is 1. The average Bonchev–Trinajstić information content (AvgIpc) is 3.09. The van der Waals surface area contributed by atoms with Crippen LogP contribution in [0.25, 0.3) is 0 Å². The van der Waals surface area contributed by atoms with Gasteiger partial charge in [-0.15, -0.1) is 0 Å². The van der Waals surface area contributed by atoms with Gasteiger partial charge in [-0.2, -0.15) is 0 Å². The molecule has 246 valence electrons. The van der Waals surface area contributed by atoms with Gasteiger partial charge in [0, 0.05) is 73.1 Å². The molecule has 2 amide bonds. The summed E-state index contributed by atoms with van der Waals surface area (Å²) in [5.41, 5.74) is 6.80. The van der Waals surface area contributed by atoms with Crippen LogP contribution in [0.15, 0.2) is 119 Å². The topological polar surface area (TPSA) is 97.5 Å². The Labute approximate surface area is 283 Å². The largest absolute Gasteiger partial charge is 0.383 e. The fourth-order valence-corrected chi connectivity index (χ4v) is 6.88. The van der Waals surface area contributed by atoms with Crippen molar-refractivity contribution < 1.29 is 9.59 Å². The molecule has 0 aliphatic carbocycles. The number of hydrogen-bond donors (Lipinski definition) is 5. The van der Waals surface area contributed by atoms with Gasteiger partial charge < -0.3 is 31.5 Å². The van der Waals surface area contributed by atoms with Gasteiger partial charge in [-0.05, 0) is 67.8 Å². The number of likely N-dealkylation sites (N-methyl/N-ethyl adjacent to an activating group) is 1. The second-order valence-corrected chi connectivity index (χ2v) is 13.2. The maximum Gasteiger partial charge on any atom is 0.262 e. The Hall–Kier alpha value is -4.31. The van der Waals surface area contributed by atoms with Gasteiger partial charge in [0.1, 0.15) is 0 Å². The average molecular weight is 651 g/mol. The number of amides is 2. The van der Waals surface area contributed by atoms with Crippen LogP contribution in [0.1, 0.15) is 35.4 Å². The molecule has 0 bridgehead atoms. The summed E-state index contributed by atoms with van der Waals surface area (Å²) in [6, 6.07) is 14.2. The van der Waals surface area contributed by atoms with E-state index in [4.69, 9.17) is 0 Å². The molecule has 9 heteroatoms. The quantitative estimate of drug-likeness (QED) is 0.206. The zero-order valence-electron chi connectivity index (χ0n) is 27.4. The summed E-state index contributed by atoms with van der Waals surface area (Å²) in [5.74, 6) is -0.254. The molecular weight excluding hydrogens is 605 g/mol. The molecule has 0 fully saturated rings. The first-order valence-electron chi connectivity index (χ1n) is 16.3. The maximum absolute atomic E-state index is 13.3. The number of benzene rings is 2. The van der Waals surface area contributed by atoms with E-state index in [0.717, 1.165) is 76.2 Å². The maximum atomic E-state index is 13.3. The second kappa shape index (κ2) is 16.5. The summed E-state index contributed by atoms with van der Waals surface area (Å²) in [7, 11) is 2.13. The zero-order chi connectivity index (χ0) is 33.2. The Kier molecular flexibility index (Phi) is 11.9. The molecule has 3 aliphatic heterocycles. The van der Waals surface area contributed by atoms with Crippen LogP contribution in [-0.4, -0.2) is 62.5 Å². The lowest BCUT2D eigenvalue weighted by Gasteiger charge is -2.30. The summed E-state index contributed by atoms with van der Waals surface area (Å²) in [6.07, 6.45) is 14.2. The molecule has 3 heterocycles. The Morgan fingerprint density at radius 3 is 2.79 bits per heavy atom. The number of hydrogen-bond acceptors (Lipinski definition) is 7. The van der Waals surface area contributed by atoms with E-state index in [1.54, 1.807) is 0 Å². The van der Waals surface area contributed by atoms with E-state index in [-0.39, 0.29) is 23.8 Å². The summed E-state index contributed by atoms with van der Waals surface area (Å²) < 4.78 is 0. The number of thioether (sulfide) groups is 1. The number of rotatable bonds is 7. The van der Waals surface area contributed by atoms with Crippen LogP contribution in [0.3, 0.4) is 0 Å². The lowest BCUT2D eigenvalue weighted by molar-refractivity contribution is -0.116. The fraction of sp³-hybridized carbons (Fsp3) is 0.316. The van der Waals surface area contributed by atoms with Gasteiger partial charge in [0.05, 0.1) is 10.6 Å². The van der Waals surface area contributed by atoms with Crippen molar-refractivity contribution in [3.8, 4) is 0 Å². The SMILES string of the molecule is C=CC(=O)N/C1=C\CNCCN(C)CC/C=C\C(NC2=CC(c3cccc(NC(=O)C4=CCc5ccccc5S4)c3C)CNC2=C)C1. The Balaban J connectivity index is 1.33. The van der Waals surface area contributed by atoms with Crippen LogP contribution in [0.5, 0.6) is 0 Å². The summed E-state index contributed by atoms with van der Waals surface area (Å²) >= 11 is 1.52. The van der Waals surface area contributed by atoms with Gasteiger partial charge in [0.25, 0.3) is 5.91 Å². The van der Waals surface area contributed by atoms with Crippen LogP contribution in [0, 0.1) is 6.92 Å². The predicted molar refractivity (Wildman–Crippen MR) is 194 cm³/mol. The van der Waals surface area contributed by atoms with Crippen molar-refractivity contribution >= 4 is 29.3 Å². The highest BCUT2D eigenvalue weighted by atomic mass is 32.2. The molecule has 2 aromatic rings. The van der Waals surface area contributed by atoms with Crippen molar-refractivity contribution in [3.63, 3.8) is 0 Å². The molecule has 2 aromatic carbocycles. The molecular formula is C38H46N6O2S. The van der Waals surface area contributed by atoms with Crippen LogP contribution in [0.4, 0.5) is 5.69 Å². The first-order chi connectivity index (χ1) is 22.8. The molecule has 0 radical (unpaired) electrons. The van der Waals surface area contributed by atoms with Crippen LogP contribution in [-0.2, 0) is 16.0 Å². The molecule has 3 aliphatic rings. The molecule has 8 nitrogen and oxygen atoms in total. The van der Waals surface area contributed by atoms with E-state index in [2.05, 4.69) is 95.0 Å². The van der Waals surface area contributed by atoms with E-state index in [9.17, 15) is 9.59 Å². The third kappa shape index (κ3) is 9.38. The van der Waals surface area contributed by atoms with E-state index in [1.165, 1.54) is 23.4 Å². The minimum Gasteiger partial charge on any atom is -0.383 e. The van der Waals surface area contributed by atoms with Crippen molar-refractivity contribution in [2.24, 2.45) is 0 Å². The zero-order valence-corrected chi connectivity index (χ0v) is 28.2. The molecule has 47 heavy (non-hydrogen) atoms. The number of anilines is 1. The van der Waals surface area contributed by atoms with Gasteiger partial charge in [0.15, 0.2) is 0 Å². The first kappa shape index (κ1) is 34.0. The van der Waals surface area contributed by atoms with Crippen molar-refractivity contribution in [3.05, 3.63) is 131 Å². The van der Waals surface area contributed by atoms with Crippen molar-refractivity contribution in [1.82, 2.24) is 26.2 Å². The van der Waals surface area contributed by atoms with Crippen molar-refractivity contribution in [2.75, 3.05) is 45.1 Å². The van der Waals surface area contributed by atoms with Gasteiger partial charge in [-0.3, -0.25) is 9.59 Å². The minimum atomic E-state index is -0.225. The summed E-state index contributed by atoms with van der Waals surface area (Å²) in [5, 5.41) is 16.8. The van der Waals surface area contributed by atoms with Gasteiger partial charge in [-0.25, -0.2) is 0 Å². The van der Waals surface area contributed by atoms with E-state index in [1.807, 2.05) is 36.4 Å². The predicted octanol–water partition coefficient (Wildman–Crippen LogP) is 5.27. The molecule has 5 N–H and O–H groups in total. The third-order valence-corrected chi connectivity index (χ3v) is 9.82. The molecule has 0 spiro atoms. The van der Waals surface area contributed by atoms with Crippen LogP contribution in [0.2, 0.25) is 0 Å². The monoisotopic (exact) mass is 650 g/mol. The van der Waals surface area contributed by atoms with Gasteiger partial charge in [0.2, 0.25) is 5.91 Å². The molecule has 2 unspecified atom stereocenters. The molecule has 0 saturated heterocycles. The van der Waals surface area contributed by atoms with E-state index >= 15 is 0 Å². The smallest absolute Gasteiger partial charge is 0.262 e. The van der Waals surface area contributed by atoms with Crippen molar-refractivity contribution in [2.45, 2.75) is 43.0 Å². The number of fused-ring (bicyclic) bond motifs is 1. The molecule has 0 saturated carbocycles. The van der Waals surface area contributed by atoms with E-state index < -0.39 is 0 Å².